The number of halogens is 1. The highest BCUT2D eigenvalue weighted by Crippen LogP contribution is 2.27. The average molecular weight is 241 g/mol. The van der Waals surface area contributed by atoms with Gasteiger partial charge in [0.2, 0.25) is 0 Å². The molecule has 0 aromatic heterocycles. The third-order valence-corrected chi connectivity index (χ3v) is 5.01. The second-order valence-electron chi connectivity index (χ2n) is 3.79. The molecule has 2 atom stereocenters. The SMILES string of the molecule is CCC1CN(S(=O)(=O)N(C)C)CC1Cl. The molecule has 0 aromatic rings. The van der Waals surface area contributed by atoms with Crippen molar-refractivity contribution in [1.29, 1.82) is 0 Å². The van der Waals surface area contributed by atoms with Crippen molar-refractivity contribution in [3.8, 4) is 0 Å². The predicted molar refractivity (Wildman–Crippen MR) is 57.6 cm³/mol. The van der Waals surface area contributed by atoms with Crippen LogP contribution in [0.4, 0.5) is 0 Å². The van der Waals surface area contributed by atoms with Crippen LogP contribution in [0.3, 0.4) is 0 Å². The van der Waals surface area contributed by atoms with Gasteiger partial charge in [0.15, 0.2) is 0 Å². The molecule has 1 aliphatic heterocycles. The van der Waals surface area contributed by atoms with E-state index >= 15 is 0 Å². The van der Waals surface area contributed by atoms with E-state index in [-0.39, 0.29) is 11.3 Å². The van der Waals surface area contributed by atoms with Crippen LogP contribution in [0.25, 0.3) is 0 Å². The standard InChI is InChI=1S/C8H17ClN2O2S/c1-4-7-5-11(6-8(7)9)14(12,13)10(2)3/h7-8H,4-6H2,1-3H3. The van der Waals surface area contributed by atoms with Crippen LogP contribution in [-0.2, 0) is 10.2 Å². The molecule has 0 radical (unpaired) electrons. The van der Waals surface area contributed by atoms with Crippen molar-refractivity contribution in [3.63, 3.8) is 0 Å². The second kappa shape index (κ2) is 4.35. The number of hydrogen-bond acceptors (Lipinski definition) is 2. The van der Waals surface area contributed by atoms with Gasteiger partial charge in [-0.3, -0.25) is 0 Å². The second-order valence-corrected chi connectivity index (χ2v) is 6.49. The summed E-state index contributed by atoms with van der Waals surface area (Å²) in [5.74, 6) is 0.284. The Labute approximate surface area is 91.0 Å². The lowest BCUT2D eigenvalue weighted by molar-refractivity contribution is 0.408. The maximum atomic E-state index is 11.7. The van der Waals surface area contributed by atoms with E-state index in [2.05, 4.69) is 0 Å². The van der Waals surface area contributed by atoms with Crippen LogP contribution >= 0.6 is 11.6 Å². The summed E-state index contributed by atoms with van der Waals surface area (Å²) in [6, 6.07) is 0. The van der Waals surface area contributed by atoms with Crippen molar-refractivity contribution in [2.24, 2.45) is 5.92 Å². The van der Waals surface area contributed by atoms with Gasteiger partial charge in [0.05, 0.1) is 5.38 Å². The molecule has 0 N–H and O–H groups in total. The Kier molecular flexibility index (Phi) is 3.80. The molecule has 0 spiro atoms. The van der Waals surface area contributed by atoms with Gasteiger partial charge in [-0.25, -0.2) is 0 Å². The first-order valence-electron chi connectivity index (χ1n) is 4.71. The van der Waals surface area contributed by atoms with Gasteiger partial charge < -0.3 is 0 Å². The van der Waals surface area contributed by atoms with Crippen LogP contribution in [0, 0.1) is 5.92 Å². The molecule has 1 saturated heterocycles. The fourth-order valence-electron chi connectivity index (χ4n) is 1.60. The minimum atomic E-state index is -3.27. The van der Waals surface area contributed by atoms with Crippen molar-refractivity contribution >= 4 is 21.8 Å². The highest BCUT2D eigenvalue weighted by Gasteiger charge is 2.37. The van der Waals surface area contributed by atoms with E-state index in [0.717, 1.165) is 6.42 Å². The maximum Gasteiger partial charge on any atom is 0.281 e. The van der Waals surface area contributed by atoms with Crippen molar-refractivity contribution in [3.05, 3.63) is 0 Å². The molecule has 84 valence electrons. The molecule has 0 amide bonds. The smallest absolute Gasteiger partial charge is 0.195 e. The van der Waals surface area contributed by atoms with E-state index in [1.807, 2.05) is 6.92 Å². The first kappa shape index (κ1) is 12.2. The number of alkyl halides is 1. The van der Waals surface area contributed by atoms with Gasteiger partial charge in [0.1, 0.15) is 0 Å². The van der Waals surface area contributed by atoms with Gasteiger partial charge in [-0.15, -0.1) is 11.6 Å². The number of nitrogens with zero attached hydrogens (tertiary/aromatic N) is 2. The Bertz CT molecular complexity index is 292. The third-order valence-electron chi connectivity index (χ3n) is 2.64. The van der Waals surface area contributed by atoms with Crippen LogP contribution in [-0.4, -0.2) is 49.6 Å². The van der Waals surface area contributed by atoms with Gasteiger partial charge in [0, 0.05) is 27.2 Å². The number of rotatable bonds is 3. The Morgan fingerprint density at radius 3 is 2.36 bits per heavy atom. The Morgan fingerprint density at radius 1 is 1.43 bits per heavy atom. The van der Waals surface area contributed by atoms with Crippen LogP contribution in [0.15, 0.2) is 0 Å². The van der Waals surface area contributed by atoms with Crippen molar-refractivity contribution in [2.45, 2.75) is 18.7 Å². The zero-order valence-electron chi connectivity index (χ0n) is 8.77. The van der Waals surface area contributed by atoms with E-state index in [1.54, 1.807) is 0 Å². The molecule has 14 heavy (non-hydrogen) atoms. The molecule has 1 heterocycles. The Hall–Kier alpha value is 0.160. The van der Waals surface area contributed by atoms with E-state index in [4.69, 9.17) is 11.6 Å². The molecule has 4 nitrogen and oxygen atoms in total. The summed E-state index contributed by atoms with van der Waals surface area (Å²) in [7, 11) is -0.191. The molecular formula is C8H17ClN2O2S. The highest BCUT2D eigenvalue weighted by atomic mass is 35.5. The lowest BCUT2D eigenvalue weighted by Gasteiger charge is -2.20. The van der Waals surface area contributed by atoms with Gasteiger partial charge >= 0.3 is 0 Å². The lowest BCUT2D eigenvalue weighted by atomic mass is 10.1. The van der Waals surface area contributed by atoms with Crippen LogP contribution < -0.4 is 0 Å². The topological polar surface area (TPSA) is 40.6 Å². The fourth-order valence-corrected chi connectivity index (χ4v) is 3.30. The van der Waals surface area contributed by atoms with Crippen molar-refractivity contribution in [2.75, 3.05) is 27.2 Å². The summed E-state index contributed by atoms with van der Waals surface area (Å²) in [4.78, 5) is 0. The quantitative estimate of drug-likeness (QED) is 0.683. The molecule has 6 heteroatoms. The average Bonchev–Trinajstić information content (AvgIpc) is 2.47. The number of hydrogen-bond donors (Lipinski definition) is 0. The predicted octanol–water partition coefficient (Wildman–Crippen LogP) is 0.742. The first-order chi connectivity index (χ1) is 6.39. The third kappa shape index (κ3) is 2.21. The Balaban J connectivity index is 2.75. The zero-order chi connectivity index (χ0) is 10.9. The summed E-state index contributed by atoms with van der Waals surface area (Å²) in [6.45, 7) is 3.01. The molecule has 1 rings (SSSR count). The molecule has 1 fully saturated rings. The van der Waals surface area contributed by atoms with Crippen molar-refractivity contribution < 1.29 is 8.42 Å². The minimum Gasteiger partial charge on any atom is -0.195 e. The monoisotopic (exact) mass is 240 g/mol. The Morgan fingerprint density at radius 2 is 2.00 bits per heavy atom. The normalized spacial score (nSPS) is 30.1. The first-order valence-corrected chi connectivity index (χ1v) is 6.54. The molecule has 0 aromatic carbocycles. The van der Waals surface area contributed by atoms with E-state index in [1.165, 1.54) is 22.7 Å². The van der Waals surface area contributed by atoms with Crippen LogP contribution in [0.5, 0.6) is 0 Å². The summed E-state index contributed by atoms with van der Waals surface area (Å²) >= 11 is 6.06. The molecule has 1 aliphatic rings. The fraction of sp³-hybridized carbons (Fsp3) is 1.00. The van der Waals surface area contributed by atoms with Crippen LogP contribution in [0.1, 0.15) is 13.3 Å². The van der Waals surface area contributed by atoms with Gasteiger partial charge in [-0.1, -0.05) is 13.3 Å². The summed E-state index contributed by atoms with van der Waals surface area (Å²) in [6.07, 6.45) is 0.924. The minimum absolute atomic E-state index is 0.0466. The van der Waals surface area contributed by atoms with E-state index in [9.17, 15) is 8.42 Å². The van der Waals surface area contributed by atoms with Gasteiger partial charge in [0.25, 0.3) is 10.2 Å². The lowest BCUT2D eigenvalue weighted by Crippen LogP contribution is -2.38. The maximum absolute atomic E-state index is 11.7. The van der Waals surface area contributed by atoms with E-state index < -0.39 is 10.2 Å². The molecule has 0 aliphatic carbocycles. The molecular weight excluding hydrogens is 224 g/mol. The van der Waals surface area contributed by atoms with E-state index in [0.29, 0.717) is 13.1 Å². The van der Waals surface area contributed by atoms with Gasteiger partial charge in [-0.05, 0) is 5.92 Å². The highest BCUT2D eigenvalue weighted by molar-refractivity contribution is 7.86. The van der Waals surface area contributed by atoms with Crippen molar-refractivity contribution in [1.82, 2.24) is 8.61 Å². The molecule has 2 unspecified atom stereocenters. The summed E-state index contributed by atoms with van der Waals surface area (Å²) in [5.41, 5.74) is 0. The van der Waals surface area contributed by atoms with Gasteiger partial charge in [-0.2, -0.15) is 17.0 Å². The largest absolute Gasteiger partial charge is 0.281 e. The van der Waals surface area contributed by atoms with Crippen LogP contribution in [0.2, 0.25) is 0 Å². The summed E-state index contributed by atoms with van der Waals surface area (Å²) in [5, 5.41) is -0.0466. The summed E-state index contributed by atoms with van der Waals surface area (Å²) < 4.78 is 26.2. The molecule has 0 bridgehead atoms. The molecule has 0 saturated carbocycles. The zero-order valence-corrected chi connectivity index (χ0v) is 10.3.